The molecule has 2 aliphatic heterocycles. The van der Waals surface area contributed by atoms with Crippen LogP contribution in [0.5, 0.6) is 5.88 Å². The van der Waals surface area contributed by atoms with Crippen LogP contribution in [-0.2, 0) is 17.9 Å². The molecule has 160 valence electrons. The molecule has 2 aromatic rings. The van der Waals surface area contributed by atoms with E-state index in [1.54, 1.807) is 0 Å². The highest BCUT2D eigenvalue weighted by Crippen LogP contribution is 2.23. The molecule has 10 heteroatoms. The first-order valence-electron chi connectivity index (χ1n) is 9.83. The molecule has 30 heavy (non-hydrogen) atoms. The molecule has 0 saturated carbocycles. The highest BCUT2D eigenvalue weighted by molar-refractivity contribution is 5.81. The highest BCUT2D eigenvalue weighted by Gasteiger charge is 2.25. The third-order valence-corrected chi connectivity index (χ3v) is 5.31. The van der Waals surface area contributed by atoms with Crippen molar-refractivity contribution in [2.75, 3.05) is 31.1 Å². The van der Waals surface area contributed by atoms with Crippen molar-refractivity contribution in [3.05, 3.63) is 51.7 Å². The topological polar surface area (TPSA) is 67.7 Å². The van der Waals surface area contributed by atoms with Gasteiger partial charge in [0.05, 0.1) is 6.54 Å². The average molecular weight is 422 g/mol. The van der Waals surface area contributed by atoms with Crippen molar-refractivity contribution < 1.29 is 22.7 Å². The Labute approximate surface area is 170 Å². The summed E-state index contributed by atoms with van der Waals surface area (Å²) in [5.41, 5.74) is -0.468. The molecule has 1 saturated heterocycles. The van der Waals surface area contributed by atoms with E-state index in [2.05, 4.69) is 4.98 Å². The molecule has 0 spiro atoms. The van der Waals surface area contributed by atoms with Gasteiger partial charge in [0.1, 0.15) is 12.4 Å². The third kappa shape index (κ3) is 4.12. The van der Waals surface area contributed by atoms with Crippen LogP contribution in [0.3, 0.4) is 0 Å². The molecule has 4 rings (SSSR count). The second-order valence-corrected chi connectivity index (χ2v) is 7.41. The van der Waals surface area contributed by atoms with Gasteiger partial charge in [-0.15, -0.1) is 0 Å². The van der Waals surface area contributed by atoms with Gasteiger partial charge < -0.3 is 14.5 Å². The summed E-state index contributed by atoms with van der Waals surface area (Å²) in [6.45, 7) is 2.43. The van der Waals surface area contributed by atoms with E-state index in [4.69, 9.17) is 4.74 Å². The average Bonchev–Trinajstić information content (AvgIpc) is 3.26. The number of amides is 1. The van der Waals surface area contributed by atoms with Crippen molar-refractivity contribution in [2.45, 2.75) is 32.4 Å². The van der Waals surface area contributed by atoms with E-state index in [0.717, 1.165) is 38.1 Å². The number of carbonyl (C=O) groups is 1. The Hall–Kier alpha value is -3.04. The third-order valence-electron chi connectivity index (χ3n) is 5.31. The van der Waals surface area contributed by atoms with Gasteiger partial charge in [-0.1, -0.05) is 0 Å². The molecule has 7 nitrogen and oxygen atoms in total. The van der Waals surface area contributed by atoms with Gasteiger partial charge in [-0.2, -0.15) is 4.98 Å². The van der Waals surface area contributed by atoms with E-state index in [0.29, 0.717) is 25.3 Å². The van der Waals surface area contributed by atoms with Gasteiger partial charge in [0.25, 0.3) is 0 Å². The Bertz CT molecular complexity index is 998. The van der Waals surface area contributed by atoms with Crippen LogP contribution in [-0.4, -0.2) is 46.5 Å². The molecule has 1 fully saturated rings. The van der Waals surface area contributed by atoms with E-state index in [1.165, 1.54) is 10.6 Å². The van der Waals surface area contributed by atoms with Gasteiger partial charge in [-0.3, -0.25) is 9.36 Å². The first kappa shape index (κ1) is 20.2. The summed E-state index contributed by atoms with van der Waals surface area (Å²) in [4.78, 5) is 32.4. The maximum atomic E-state index is 13.4. The molecular weight excluding hydrogens is 401 g/mol. The predicted octanol–water partition coefficient (Wildman–Crippen LogP) is 2.07. The smallest absolute Gasteiger partial charge is 0.352 e. The van der Waals surface area contributed by atoms with Crippen molar-refractivity contribution in [1.82, 2.24) is 14.5 Å². The van der Waals surface area contributed by atoms with E-state index in [1.807, 2.05) is 9.80 Å². The Balaban J connectivity index is 1.52. The zero-order valence-corrected chi connectivity index (χ0v) is 16.2. The van der Waals surface area contributed by atoms with Crippen molar-refractivity contribution in [2.24, 2.45) is 0 Å². The summed E-state index contributed by atoms with van der Waals surface area (Å²) in [6.07, 6.45) is 2.69. The molecule has 0 unspecified atom stereocenters. The van der Waals surface area contributed by atoms with Crippen LogP contribution < -0.4 is 15.3 Å². The number of fused-ring (bicyclic) bond motifs is 1. The Morgan fingerprint density at radius 2 is 1.70 bits per heavy atom. The van der Waals surface area contributed by atoms with Gasteiger partial charge in [0.15, 0.2) is 17.5 Å². The Morgan fingerprint density at radius 1 is 1.00 bits per heavy atom. The molecule has 0 radical (unpaired) electrons. The van der Waals surface area contributed by atoms with Crippen LogP contribution in [0.15, 0.2) is 23.0 Å². The minimum atomic E-state index is -1.55. The van der Waals surface area contributed by atoms with Crippen molar-refractivity contribution in [3.63, 3.8) is 0 Å². The number of nitrogens with zero attached hydrogens (tertiary/aromatic N) is 4. The van der Waals surface area contributed by atoms with E-state index in [-0.39, 0.29) is 30.5 Å². The van der Waals surface area contributed by atoms with Gasteiger partial charge in [0.2, 0.25) is 11.8 Å². The molecule has 1 amide bonds. The fraction of sp³-hybridized carbons (Fsp3) is 0.450. The SMILES string of the molecule is O=C(CN1CCCn2c1cc(OCc1cc(F)c(F)c(F)c1)nc2=O)N1CCCC1. The summed E-state index contributed by atoms with van der Waals surface area (Å²) < 4.78 is 46.8. The van der Waals surface area contributed by atoms with E-state index < -0.39 is 23.1 Å². The molecule has 1 aromatic heterocycles. The normalized spacial score (nSPS) is 16.0. The Morgan fingerprint density at radius 3 is 2.40 bits per heavy atom. The van der Waals surface area contributed by atoms with Crippen LogP contribution in [0.25, 0.3) is 0 Å². The largest absolute Gasteiger partial charge is 0.473 e. The van der Waals surface area contributed by atoms with Gasteiger partial charge in [0, 0.05) is 32.2 Å². The van der Waals surface area contributed by atoms with Gasteiger partial charge in [-0.25, -0.2) is 18.0 Å². The van der Waals surface area contributed by atoms with E-state index >= 15 is 0 Å². The van der Waals surface area contributed by atoms with Crippen molar-refractivity contribution in [3.8, 4) is 5.88 Å². The maximum Gasteiger partial charge on any atom is 0.352 e. The summed E-state index contributed by atoms with van der Waals surface area (Å²) in [5, 5.41) is 0. The number of aromatic nitrogens is 2. The number of likely N-dealkylation sites (tertiary alicyclic amines) is 1. The van der Waals surface area contributed by atoms with Crippen LogP contribution in [0, 0.1) is 17.5 Å². The second-order valence-electron chi connectivity index (χ2n) is 7.41. The minimum Gasteiger partial charge on any atom is -0.473 e. The summed E-state index contributed by atoms with van der Waals surface area (Å²) >= 11 is 0. The molecule has 3 heterocycles. The number of benzene rings is 1. The lowest BCUT2D eigenvalue weighted by atomic mass is 10.2. The van der Waals surface area contributed by atoms with Crippen LogP contribution in [0.4, 0.5) is 19.0 Å². The second kappa shape index (κ2) is 8.37. The lowest BCUT2D eigenvalue weighted by Gasteiger charge is -2.32. The molecular formula is C20H21F3N4O3. The fourth-order valence-corrected chi connectivity index (χ4v) is 3.79. The lowest BCUT2D eigenvalue weighted by Crippen LogP contribution is -2.44. The first-order valence-corrected chi connectivity index (χ1v) is 9.83. The lowest BCUT2D eigenvalue weighted by molar-refractivity contribution is -0.128. The number of hydrogen-bond donors (Lipinski definition) is 0. The number of rotatable bonds is 5. The Kier molecular flexibility index (Phi) is 5.65. The number of hydrogen-bond acceptors (Lipinski definition) is 5. The van der Waals surface area contributed by atoms with Crippen LogP contribution in [0.1, 0.15) is 24.8 Å². The number of anilines is 1. The maximum absolute atomic E-state index is 13.4. The molecule has 0 atom stereocenters. The summed E-state index contributed by atoms with van der Waals surface area (Å²) in [5.74, 6) is -3.71. The zero-order valence-electron chi connectivity index (χ0n) is 16.2. The molecule has 1 aromatic carbocycles. The van der Waals surface area contributed by atoms with Crippen LogP contribution >= 0.6 is 0 Å². The molecule has 0 N–H and O–H groups in total. The quantitative estimate of drug-likeness (QED) is 0.691. The first-order chi connectivity index (χ1) is 14.4. The van der Waals surface area contributed by atoms with Crippen molar-refractivity contribution in [1.29, 1.82) is 0 Å². The van der Waals surface area contributed by atoms with Gasteiger partial charge in [-0.05, 0) is 37.0 Å². The molecule has 0 bridgehead atoms. The van der Waals surface area contributed by atoms with E-state index in [9.17, 15) is 22.8 Å². The molecule has 0 aliphatic carbocycles. The van der Waals surface area contributed by atoms with Gasteiger partial charge >= 0.3 is 5.69 Å². The predicted molar refractivity (Wildman–Crippen MR) is 102 cm³/mol. The minimum absolute atomic E-state index is 0.00458. The van der Waals surface area contributed by atoms with Crippen LogP contribution in [0.2, 0.25) is 0 Å². The number of halogens is 3. The monoisotopic (exact) mass is 422 g/mol. The standard InChI is InChI=1S/C20H21F3N4O3/c21-14-8-13(9-15(22)19(14)23)12-30-16-10-17-26(6-3-7-27(17)20(29)24-16)11-18(28)25-4-1-2-5-25/h8-10H,1-7,11-12H2. The zero-order chi connectivity index (χ0) is 21.3. The highest BCUT2D eigenvalue weighted by atomic mass is 19.2. The number of ether oxygens (including phenoxy) is 1. The molecule has 2 aliphatic rings. The van der Waals surface area contributed by atoms with Crippen molar-refractivity contribution >= 4 is 11.7 Å². The summed E-state index contributed by atoms with van der Waals surface area (Å²) in [7, 11) is 0. The fourth-order valence-electron chi connectivity index (χ4n) is 3.79. The number of carbonyl (C=O) groups excluding carboxylic acids is 1. The summed E-state index contributed by atoms with van der Waals surface area (Å²) in [6, 6.07) is 3.18.